The molecule has 5 heteroatoms. The van der Waals surface area contributed by atoms with Crippen LogP contribution in [0.3, 0.4) is 0 Å². The molecule has 0 bridgehead atoms. The van der Waals surface area contributed by atoms with Crippen molar-refractivity contribution in [1.82, 2.24) is 4.90 Å². The molecule has 4 nitrogen and oxygen atoms in total. The second kappa shape index (κ2) is 8.16. The molecular weight excluding hydrogens is 444 g/mol. The van der Waals surface area contributed by atoms with Crippen LogP contribution < -0.4 is 0 Å². The van der Waals surface area contributed by atoms with Gasteiger partial charge in [-0.3, -0.25) is 6.29 Å². The first-order valence-corrected chi connectivity index (χ1v) is 5.28. The molecule has 1 fully saturated rings. The van der Waals surface area contributed by atoms with E-state index in [9.17, 15) is 9.59 Å². The summed E-state index contributed by atoms with van der Waals surface area (Å²) in [6.07, 6.45) is 3.29. The summed E-state index contributed by atoms with van der Waals surface area (Å²) in [6, 6.07) is 0. The predicted octanol–water partition coefficient (Wildman–Crippen LogP) is 2.19. The number of nitrogens with zero attached hydrogens (tertiary/aromatic N) is 1. The van der Waals surface area contributed by atoms with Crippen LogP contribution in [0, 0.1) is 44.5 Å². The summed E-state index contributed by atoms with van der Waals surface area (Å²) in [4.78, 5) is 23.7. The van der Waals surface area contributed by atoms with Gasteiger partial charge in [0.25, 0.3) is 0 Å². The molecule has 1 saturated heterocycles. The van der Waals surface area contributed by atoms with Crippen LogP contribution in [0.4, 0.5) is 4.79 Å². The van der Waals surface area contributed by atoms with E-state index in [1.54, 1.807) is 4.90 Å². The third kappa shape index (κ3) is 7.10. The summed E-state index contributed by atoms with van der Waals surface area (Å²) in [7, 11) is 0. The molecule has 0 aliphatic carbocycles. The van der Waals surface area contributed by atoms with Crippen molar-refractivity contribution >= 4 is 12.4 Å². The monoisotopic (exact) mass is 465 g/mol. The summed E-state index contributed by atoms with van der Waals surface area (Å²) in [6.45, 7) is 6.61. The number of amides is 1. The quantitative estimate of drug-likeness (QED) is 0.558. The molecule has 96 valence electrons. The molecule has 0 radical (unpaired) electrons. The zero-order chi connectivity index (χ0) is 11.5. The molecule has 0 N–H and O–H groups in total. The predicted molar refractivity (Wildman–Crippen MR) is 62.6 cm³/mol. The number of piperidine rings is 1. The Kier molecular flexibility index (Phi) is 9.28. The maximum Gasteiger partial charge on any atom is 2.00 e. The first kappa shape index (κ1) is 19.3. The van der Waals surface area contributed by atoms with Crippen molar-refractivity contribution in [3.05, 3.63) is 7.43 Å². The fourth-order valence-corrected chi connectivity index (χ4v) is 1.57. The average molecular weight is 465 g/mol. The Morgan fingerprint density at radius 3 is 2.47 bits per heavy atom. The van der Waals surface area contributed by atoms with Crippen LogP contribution in [0.15, 0.2) is 0 Å². The Labute approximate surface area is 128 Å². The molecule has 1 atom stereocenters. The smallest absolute Gasteiger partial charge is 0.541 e. The number of carbonyl (C=O) groups is 1. The van der Waals surface area contributed by atoms with Gasteiger partial charge in [-0.05, 0) is 27.2 Å². The number of rotatable bonds is 1. The minimum Gasteiger partial charge on any atom is -0.541 e. The van der Waals surface area contributed by atoms with Crippen LogP contribution in [0.2, 0.25) is 0 Å². The second-order valence-electron chi connectivity index (χ2n) is 4.88. The molecule has 17 heavy (non-hydrogen) atoms. The first-order valence-electron chi connectivity index (χ1n) is 5.28. The van der Waals surface area contributed by atoms with Crippen molar-refractivity contribution < 1.29 is 45.4 Å². The minimum absolute atomic E-state index is 0. The van der Waals surface area contributed by atoms with Gasteiger partial charge >= 0.3 is 37.2 Å². The van der Waals surface area contributed by atoms with Crippen LogP contribution in [-0.4, -0.2) is 36.0 Å². The molecule has 0 saturated carbocycles. The van der Waals surface area contributed by atoms with Gasteiger partial charge < -0.3 is 21.9 Å². The molecule has 0 aromatic carbocycles. The molecular formula is C12H21NO3U. The van der Waals surface area contributed by atoms with Crippen LogP contribution in [0.1, 0.15) is 33.6 Å². The van der Waals surface area contributed by atoms with E-state index in [0.717, 1.165) is 12.8 Å². The number of hydrogen-bond acceptors (Lipinski definition) is 3. The van der Waals surface area contributed by atoms with Crippen molar-refractivity contribution in [2.24, 2.45) is 5.92 Å². The molecule has 1 amide bonds. The van der Waals surface area contributed by atoms with Crippen LogP contribution in [-0.2, 0) is 9.53 Å². The van der Waals surface area contributed by atoms with Gasteiger partial charge in [0.1, 0.15) is 5.60 Å². The molecule has 1 aliphatic heterocycles. The van der Waals surface area contributed by atoms with Crippen molar-refractivity contribution in [2.75, 3.05) is 13.1 Å². The number of likely N-dealkylation sites (tertiary alicyclic amines) is 1. The normalized spacial score (nSPS) is 19.7. The molecule has 1 rings (SSSR count). The summed E-state index contributed by atoms with van der Waals surface area (Å²) in [5.41, 5.74) is -0.477. The van der Waals surface area contributed by atoms with E-state index in [4.69, 9.17) is 4.74 Å². The van der Waals surface area contributed by atoms with Gasteiger partial charge in [0.2, 0.25) is 0 Å². The van der Waals surface area contributed by atoms with Crippen LogP contribution in [0.5, 0.6) is 0 Å². The largest absolute Gasteiger partial charge is 2.00 e. The minimum atomic E-state index is -0.477. The van der Waals surface area contributed by atoms with E-state index in [1.165, 1.54) is 0 Å². The fraction of sp³-hybridized carbons (Fsp3) is 0.750. The standard InChI is InChI=1S/C11H18NO3.CH3.U/c1-11(2,3)15-10(14)12-6-4-5-9(7-12)8-13;;/h9H,4-7H2,1-3H3;1H3;/q2*-1;+2. The zero-order valence-electron chi connectivity index (χ0n) is 11.1. The van der Waals surface area contributed by atoms with Gasteiger partial charge in [0.15, 0.2) is 0 Å². The third-order valence-corrected chi connectivity index (χ3v) is 2.24. The Balaban J connectivity index is 0. The topological polar surface area (TPSA) is 46.6 Å². The molecule has 1 heterocycles. The van der Waals surface area contributed by atoms with Gasteiger partial charge in [-0.15, -0.1) is 5.92 Å². The summed E-state index contributed by atoms with van der Waals surface area (Å²) in [5.74, 6) is -0.147. The Morgan fingerprint density at radius 1 is 1.41 bits per heavy atom. The Morgan fingerprint density at radius 2 is 2.00 bits per heavy atom. The van der Waals surface area contributed by atoms with Crippen molar-refractivity contribution in [3.63, 3.8) is 0 Å². The van der Waals surface area contributed by atoms with Crippen LogP contribution >= 0.6 is 0 Å². The van der Waals surface area contributed by atoms with Gasteiger partial charge in [0, 0.05) is 13.1 Å². The van der Waals surface area contributed by atoms with E-state index >= 15 is 0 Å². The summed E-state index contributed by atoms with van der Waals surface area (Å²) < 4.78 is 5.23. The van der Waals surface area contributed by atoms with Crippen molar-refractivity contribution in [3.8, 4) is 0 Å². The van der Waals surface area contributed by atoms with Gasteiger partial charge in [-0.25, -0.2) is 4.79 Å². The molecule has 0 aromatic rings. The summed E-state index contributed by atoms with van der Waals surface area (Å²) in [5, 5.41) is 0. The van der Waals surface area contributed by atoms with E-state index in [-0.39, 0.29) is 50.6 Å². The number of ether oxygens (including phenoxy) is 1. The molecule has 0 aromatic heterocycles. The maximum atomic E-state index is 11.6. The Hall–Kier alpha value is -0.00805. The van der Waals surface area contributed by atoms with E-state index < -0.39 is 5.60 Å². The van der Waals surface area contributed by atoms with Crippen LogP contribution in [0.25, 0.3) is 0 Å². The molecule has 1 aliphatic rings. The molecule has 1 unspecified atom stereocenters. The van der Waals surface area contributed by atoms with E-state index in [1.807, 2.05) is 27.1 Å². The third-order valence-electron chi connectivity index (χ3n) is 2.24. The number of carbonyl (C=O) groups excluding carboxylic acids is 2. The van der Waals surface area contributed by atoms with Crippen molar-refractivity contribution in [1.29, 1.82) is 0 Å². The van der Waals surface area contributed by atoms with Crippen molar-refractivity contribution in [2.45, 2.75) is 39.2 Å². The van der Waals surface area contributed by atoms with Gasteiger partial charge in [0.05, 0.1) is 0 Å². The average Bonchev–Trinajstić information content (AvgIpc) is 2.15. The van der Waals surface area contributed by atoms with E-state index in [0.29, 0.717) is 13.1 Å². The van der Waals surface area contributed by atoms with E-state index in [2.05, 4.69) is 0 Å². The first-order chi connectivity index (χ1) is 6.92. The second-order valence-corrected chi connectivity index (χ2v) is 4.88. The zero-order valence-corrected chi connectivity index (χ0v) is 15.2. The molecule has 0 spiro atoms. The SMILES string of the molecule is CC(C)(C)OC(=O)N1CCCC([C-]=O)C1.[CH3-].[U+2]. The number of hydrogen-bond donors (Lipinski definition) is 0. The maximum absolute atomic E-state index is 11.6. The Bertz CT molecular complexity index is 251. The van der Waals surface area contributed by atoms with Gasteiger partial charge in [-0.2, -0.15) is 0 Å². The summed E-state index contributed by atoms with van der Waals surface area (Å²) >= 11 is 0. The fourth-order valence-electron chi connectivity index (χ4n) is 1.57. The van der Waals surface area contributed by atoms with Gasteiger partial charge in [-0.1, -0.05) is 6.42 Å².